The fourth-order valence-corrected chi connectivity index (χ4v) is 3.07. The molecule has 1 N–H and O–H groups in total. The van der Waals surface area contributed by atoms with Gasteiger partial charge in [-0.1, -0.05) is 24.3 Å². The maximum absolute atomic E-state index is 12.7. The number of benzene rings is 2. The van der Waals surface area contributed by atoms with Crippen molar-refractivity contribution in [3.63, 3.8) is 0 Å². The Labute approximate surface area is 148 Å². The number of nitrogens with zero attached hydrogens (tertiary/aromatic N) is 3. The summed E-state index contributed by atoms with van der Waals surface area (Å²) in [7, 11) is 0. The van der Waals surface area contributed by atoms with E-state index in [0.29, 0.717) is 22.3 Å². The average molecular weight is 348 g/mol. The van der Waals surface area contributed by atoms with Gasteiger partial charge in [0.2, 0.25) is 11.8 Å². The first-order valence-corrected chi connectivity index (χ1v) is 8.27. The number of hydrogen-bond donors (Lipinski definition) is 1. The van der Waals surface area contributed by atoms with Gasteiger partial charge in [-0.3, -0.25) is 19.0 Å². The minimum Gasteiger partial charge on any atom is -0.323 e. The Bertz CT molecular complexity index is 1070. The molecule has 0 unspecified atom stereocenters. The van der Waals surface area contributed by atoms with Crippen LogP contribution in [0.4, 0.5) is 11.4 Å². The average Bonchev–Trinajstić information content (AvgIpc) is 2.66. The molecule has 26 heavy (non-hydrogen) atoms. The highest BCUT2D eigenvalue weighted by molar-refractivity contribution is 6.09. The SMILES string of the molecule is O=C1CN(C(=O)CCn2cnc3ccccc3c2=O)c2ccccc2N1. The number of aromatic nitrogens is 2. The molecule has 3 aromatic rings. The second kappa shape index (κ2) is 6.44. The quantitative estimate of drug-likeness (QED) is 0.782. The van der Waals surface area contributed by atoms with Crippen molar-refractivity contribution in [1.82, 2.24) is 9.55 Å². The van der Waals surface area contributed by atoms with Crippen molar-refractivity contribution in [2.24, 2.45) is 0 Å². The van der Waals surface area contributed by atoms with Crippen LogP contribution in [0.15, 0.2) is 59.7 Å². The lowest BCUT2D eigenvalue weighted by Crippen LogP contribution is -2.42. The van der Waals surface area contributed by atoms with Gasteiger partial charge < -0.3 is 10.2 Å². The fraction of sp³-hybridized carbons (Fsp3) is 0.158. The summed E-state index contributed by atoms with van der Waals surface area (Å²) in [4.78, 5) is 42.7. The van der Waals surface area contributed by atoms with Crippen molar-refractivity contribution in [3.8, 4) is 0 Å². The Morgan fingerprint density at radius 3 is 2.73 bits per heavy atom. The number of para-hydroxylation sites is 3. The Morgan fingerprint density at radius 1 is 1.08 bits per heavy atom. The molecule has 7 nitrogen and oxygen atoms in total. The monoisotopic (exact) mass is 348 g/mol. The summed E-state index contributed by atoms with van der Waals surface area (Å²) < 4.78 is 1.43. The van der Waals surface area contributed by atoms with Crippen LogP contribution in [0.3, 0.4) is 0 Å². The molecule has 2 aromatic carbocycles. The van der Waals surface area contributed by atoms with Crippen LogP contribution in [-0.4, -0.2) is 27.9 Å². The highest BCUT2D eigenvalue weighted by atomic mass is 16.2. The van der Waals surface area contributed by atoms with Crippen LogP contribution in [0.1, 0.15) is 6.42 Å². The lowest BCUT2D eigenvalue weighted by atomic mass is 10.1. The van der Waals surface area contributed by atoms with E-state index < -0.39 is 0 Å². The van der Waals surface area contributed by atoms with Crippen LogP contribution in [0, 0.1) is 0 Å². The van der Waals surface area contributed by atoms with Crippen LogP contribution < -0.4 is 15.8 Å². The lowest BCUT2D eigenvalue weighted by molar-refractivity contribution is -0.122. The van der Waals surface area contributed by atoms with Crippen molar-refractivity contribution in [3.05, 3.63) is 65.2 Å². The van der Waals surface area contributed by atoms with E-state index in [4.69, 9.17) is 0 Å². The molecule has 0 bridgehead atoms. The molecule has 0 fully saturated rings. The van der Waals surface area contributed by atoms with Crippen molar-refractivity contribution >= 4 is 34.1 Å². The zero-order valence-electron chi connectivity index (χ0n) is 13.9. The predicted octanol–water partition coefficient (Wildman–Crippen LogP) is 1.77. The van der Waals surface area contributed by atoms with Gasteiger partial charge >= 0.3 is 0 Å². The van der Waals surface area contributed by atoms with Crippen LogP contribution >= 0.6 is 0 Å². The molecule has 4 rings (SSSR count). The summed E-state index contributed by atoms with van der Waals surface area (Å²) in [5, 5.41) is 3.27. The summed E-state index contributed by atoms with van der Waals surface area (Å²) in [5.41, 5.74) is 1.73. The van der Waals surface area contributed by atoms with Crippen LogP contribution in [-0.2, 0) is 16.1 Å². The first-order chi connectivity index (χ1) is 12.6. The predicted molar refractivity (Wildman–Crippen MR) is 98.0 cm³/mol. The van der Waals surface area contributed by atoms with E-state index in [9.17, 15) is 14.4 Å². The Kier molecular flexibility index (Phi) is 3.96. The molecule has 1 aromatic heterocycles. The van der Waals surface area contributed by atoms with Crippen molar-refractivity contribution in [1.29, 1.82) is 0 Å². The van der Waals surface area contributed by atoms with E-state index in [1.165, 1.54) is 15.8 Å². The molecule has 1 aliphatic heterocycles. The van der Waals surface area contributed by atoms with Gasteiger partial charge in [0.1, 0.15) is 6.54 Å². The van der Waals surface area contributed by atoms with Crippen LogP contribution in [0.2, 0.25) is 0 Å². The summed E-state index contributed by atoms with van der Waals surface area (Å²) in [6.07, 6.45) is 1.55. The third-order valence-corrected chi connectivity index (χ3v) is 4.37. The number of nitrogens with one attached hydrogen (secondary N) is 1. The molecule has 2 amide bonds. The lowest BCUT2D eigenvalue weighted by Gasteiger charge is -2.29. The number of fused-ring (bicyclic) bond motifs is 2. The molecule has 130 valence electrons. The molecule has 0 saturated heterocycles. The van der Waals surface area contributed by atoms with E-state index in [2.05, 4.69) is 10.3 Å². The number of amides is 2. The summed E-state index contributed by atoms with van der Waals surface area (Å²) in [5.74, 6) is -0.450. The Morgan fingerprint density at radius 2 is 1.85 bits per heavy atom. The maximum Gasteiger partial charge on any atom is 0.261 e. The third-order valence-electron chi connectivity index (χ3n) is 4.37. The molecule has 2 heterocycles. The van der Waals surface area contributed by atoms with Crippen molar-refractivity contribution in [2.75, 3.05) is 16.8 Å². The van der Waals surface area contributed by atoms with E-state index in [0.717, 1.165) is 0 Å². The smallest absolute Gasteiger partial charge is 0.261 e. The third kappa shape index (κ3) is 2.83. The Hall–Kier alpha value is -3.48. The number of hydrogen-bond acceptors (Lipinski definition) is 4. The molecule has 0 spiro atoms. The first-order valence-electron chi connectivity index (χ1n) is 8.27. The molecule has 0 saturated carbocycles. The number of carbonyl (C=O) groups excluding carboxylic acids is 2. The number of rotatable bonds is 3. The van der Waals surface area contributed by atoms with Gasteiger partial charge in [0.15, 0.2) is 0 Å². The van der Waals surface area contributed by atoms with Gasteiger partial charge in [0.25, 0.3) is 5.56 Å². The summed E-state index contributed by atoms with van der Waals surface area (Å²) >= 11 is 0. The first kappa shape index (κ1) is 16.0. The van der Waals surface area contributed by atoms with Crippen molar-refractivity contribution < 1.29 is 9.59 Å². The van der Waals surface area contributed by atoms with E-state index in [1.54, 1.807) is 36.4 Å². The van der Waals surface area contributed by atoms with Gasteiger partial charge in [-0.2, -0.15) is 0 Å². The molecule has 1 aliphatic rings. The molecule has 0 aliphatic carbocycles. The highest BCUT2D eigenvalue weighted by Gasteiger charge is 2.26. The summed E-state index contributed by atoms with van der Waals surface area (Å²) in [6, 6.07) is 14.2. The van der Waals surface area contributed by atoms with Gasteiger partial charge in [-0.25, -0.2) is 4.98 Å². The Balaban J connectivity index is 1.56. The van der Waals surface area contributed by atoms with Gasteiger partial charge in [0.05, 0.1) is 28.6 Å². The summed E-state index contributed by atoms with van der Waals surface area (Å²) in [6.45, 7) is 0.177. The van der Waals surface area contributed by atoms with Crippen LogP contribution in [0.5, 0.6) is 0 Å². The second-order valence-corrected chi connectivity index (χ2v) is 6.06. The van der Waals surface area contributed by atoms with Crippen molar-refractivity contribution in [2.45, 2.75) is 13.0 Å². The van der Waals surface area contributed by atoms with Gasteiger partial charge in [0, 0.05) is 13.0 Å². The normalized spacial score (nSPS) is 13.4. The fourth-order valence-electron chi connectivity index (χ4n) is 3.07. The number of aryl methyl sites for hydroxylation is 1. The van der Waals surface area contributed by atoms with E-state index >= 15 is 0 Å². The zero-order valence-corrected chi connectivity index (χ0v) is 13.9. The molecule has 7 heteroatoms. The largest absolute Gasteiger partial charge is 0.323 e. The minimum absolute atomic E-state index is 0.0271. The van der Waals surface area contributed by atoms with Gasteiger partial charge in [-0.05, 0) is 24.3 Å². The topological polar surface area (TPSA) is 84.3 Å². The molecule has 0 radical (unpaired) electrons. The van der Waals surface area contributed by atoms with Gasteiger partial charge in [-0.15, -0.1) is 0 Å². The molecule has 0 atom stereocenters. The standard InChI is InChI=1S/C19H16N4O3/c24-17-11-23(16-8-4-3-7-15(16)21-17)18(25)9-10-22-12-20-14-6-2-1-5-13(14)19(22)26/h1-8,12H,9-11H2,(H,21,24). The van der Waals surface area contributed by atoms with E-state index in [-0.39, 0.29) is 36.9 Å². The van der Waals surface area contributed by atoms with Crippen LogP contribution in [0.25, 0.3) is 10.9 Å². The van der Waals surface area contributed by atoms with E-state index in [1.807, 2.05) is 12.1 Å². The molecular formula is C19H16N4O3. The minimum atomic E-state index is -0.235. The zero-order chi connectivity index (χ0) is 18.1. The number of carbonyl (C=O) groups is 2. The number of anilines is 2. The maximum atomic E-state index is 12.7. The highest BCUT2D eigenvalue weighted by Crippen LogP contribution is 2.29. The molecular weight excluding hydrogens is 332 g/mol. The second-order valence-electron chi connectivity index (χ2n) is 6.06.